The van der Waals surface area contributed by atoms with Crippen LogP contribution in [0.25, 0.3) is 11.2 Å². The number of hydrogen-bond acceptors (Lipinski definition) is 7. The van der Waals surface area contributed by atoms with Gasteiger partial charge in [0.15, 0.2) is 22.7 Å². The Labute approximate surface area is 224 Å². The van der Waals surface area contributed by atoms with Crippen LogP contribution in [0.4, 0.5) is 5.95 Å². The molecule has 0 aliphatic rings. The summed E-state index contributed by atoms with van der Waals surface area (Å²) in [4.78, 5) is 30.1. The van der Waals surface area contributed by atoms with Gasteiger partial charge < -0.3 is 9.47 Å². The number of nitrogens with one attached hydrogen (secondary N) is 1. The van der Waals surface area contributed by atoms with E-state index in [2.05, 4.69) is 15.5 Å². The van der Waals surface area contributed by atoms with Gasteiger partial charge in [-0.15, -0.1) is 0 Å². The zero-order valence-electron chi connectivity index (χ0n) is 21.9. The number of hydrogen-bond donors (Lipinski definition) is 1. The highest BCUT2D eigenvalue weighted by Gasteiger charge is 2.19. The summed E-state index contributed by atoms with van der Waals surface area (Å²) in [5.74, 6) is 1.52. The summed E-state index contributed by atoms with van der Waals surface area (Å²) < 4.78 is 15.6. The van der Waals surface area contributed by atoms with Crippen molar-refractivity contribution >= 4 is 23.3 Å². The molecule has 5 rings (SSSR count). The van der Waals surface area contributed by atoms with Crippen LogP contribution >= 0.6 is 0 Å². The van der Waals surface area contributed by atoms with Crippen molar-refractivity contribution in [1.82, 2.24) is 18.7 Å². The Morgan fingerprint density at radius 3 is 2.28 bits per heavy atom. The fourth-order valence-corrected chi connectivity index (χ4v) is 4.24. The molecule has 198 valence electrons. The molecular formula is C29H28N6O4. The van der Waals surface area contributed by atoms with Crippen molar-refractivity contribution in [1.29, 1.82) is 0 Å². The first-order valence-electron chi connectivity index (χ1n) is 12.3. The average molecular weight is 525 g/mol. The molecule has 0 aliphatic heterocycles. The summed E-state index contributed by atoms with van der Waals surface area (Å²) in [6.07, 6.45) is 1.62. The largest absolute Gasteiger partial charge is 0.493 e. The van der Waals surface area contributed by atoms with E-state index in [4.69, 9.17) is 9.47 Å². The van der Waals surface area contributed by atoms with Crippen LogP contribution in [0.2, 0.25) is 0 Å². The van der Waals surface area contributed by atoms with E-state index in [0.29, 0.717) is 36.1 Å². The third-order valence-electron chi connectivity index (χ3n) is 6.33. The zero-order chi connectivity index (χ0) is 27.4. The number of fused-ring (bicyclic) bond motifs is 1. The minimum atomic E-state index is -0.450. The number of ether oxygens (including phenoxy) is 2. The maximum absolute atomic E-state index is 13.1. The van der Waals surface area contributed by atoms with Gasteiger partial charge in [0.05, 0.1) is 19.9 Å². The molecule has 39 heavy (non-hydrogen) atoms. The summed E-state index contributed by atoms with van der Waals surface area (Å²) in [6.45, 7) is 0.787. The molecular weight excluding hydrogens is 496 g/mol. The van der Waals surface area contributed by atoms with Gasteiger partial charge in [-0.25, -0.2) is 10.2 Å². The van der Waals surface area contributed by atoms with E-state index in [0.717, 1.165) is 21.3 Å². The van der Waals surface area contributed by atoms with Crippen molar-refractivity contribution in [3.8, 4) is 11.5 Å². The number of nitrogens with zero attached hydrogens (tertiary/aromatic N) is 5. The second-order valence-corrected chi connectivity index (χ2v) is 8.94. The molecule has 0 bridgehead atoms. The lowest BCUT2D eigenvalue weighted by molar-refractivity contribution is 0.284. The first-order valence-corrected chi connectivity index (χ1v) is 12.3. The van der Waals surface area contributed by atoms with E-state index >= 15 is 0 Å². The lowest BCUT2D eigenvalue weighted by Gasteiger charge is -2.11. The number of aromatic nitrogens is 4. The summed E-state index contributed by atoms with van der Waals surface area (Å²) >= 11 is 0. The number of aryl methyl sites for hydroxylation is 1. The molecule has 5 aromatic rings. The standard InChI is InChI=1S/C29H28N6O4/c1-33-26-25(27(36)34(2)29(33)37)35(18-20-10-6-4-7-11-20)28(31-26)32-30-17-22-14-15-23(24(16-22)38-3)39-19-21-12-8-5-9-13-21/h4-17H,18-19H2,1-3H3,(H,31,32)/b30-17+. The first kappa shape index (κ1) is 25.5. The predicted octanol–water partition coefficient (Wildman–Crippen LogP) is 3.52. The molecule has 0 fully saturated rings. The molecule has 0 unspecified atom stereocenters. The smallest absolute Gasteiger partial charge is 0.332 e. The minimum absolute atomic E-state index is 0.276. The molecule has 0 spiro atoms. The molecule has 0 saturated heterocycles. The molecule has 10 nitrogen and oxygen atoms in total. The van der Waals surface area contributed by atoms with Crippen molar-refractivity contribution in [3.63, 3.8) is 0 Å². The van der Waals surface area contributed by atoms with Crippen molar-refractivity contribution in [2.45, 2.75) is 13.2 Å². The topological polar surface area (TPSA) is 105 Å². The van der Waals surface area contributed by atoms with E-state index in [1.165, 1.54) is 11.6 Å². The summed E-state index contributed by atoms with van der Waals surface area (Å²) in [5.41, 5.74) is 5.44. The Hall–Kier alpha value is -5.12. The summed E-state index contributed by atoms with van der Waals surface area (Å²) in [6, 6.07) is 25.1. The molecule has 2 heterocycles. The molecule has 0 atom stereocenters. The minimum Gasteiger partial charge on any atom is -0.493 e. The second-order valence-electron chi connectivity index (χ2n) is 8.94. The maximum atomic E-state index is 13.1. The highest BCUT2D eigenvalue weighted by atomic mass is 16.5. The van der Waals surface area contributed by atoms with Gasteiger partial charge in [0, 0.05) is 14.1 Å². The fraction of sp³-hybridized carbons (Fsp3) is 0.172. The van der Waals surface area contributed by atoms with Gasteiger partial charge in [0.25, 0.3) is 5.56 Å². The van der Waals surface area contributed by atoms with E-state index in [1.54, 1.807) is 24.9 Å². The van der Waals surface area contributed by atoms with Gasteiger partial charge in [-0.05, 0) is 34.9 Å². The quantitative estimate of drug-likeness (QED) is 0.234. The van der Waals surface area contributed by atoms with Crippen LogP contribution in [-0.4, -0.2) is 32.0 Å². The Kier molecular flexibility index (Phi) is 7.26. The van der Waals surface area contributed by atoms with Gasteiger partial charge in [-0.3, -0.25) is 18.5 Å². The van der Waals surface area contributed by atoms with Crippen LogP contribution in [0, 0.1) is 0 Å². The van der Waals surface area contributed by atoms with E-state index < -0.39 is 11.2 Å². The Bertz CT molecular complexity index is 1750. The number of anilines is 1. The molecule has 0 radical (unpaired) electrons. The van der Waals surface area contributed by atoms with Gasteiger partial charge in [0.1, 0.15) is 6.61 Å². The van der Waals surface area contributed by atoms with Crippen LogP contribution in [0.15, 0.2) is 93.6 Å². The Morgan fingerprint density at radius 1 is 0.897 bits per heavy atom. The van der Waals surface area contributed by atoms with Crippen molar-refractivity contribution in [2.24, 2.45) is 19.2 Å². The summed E-state index contributed by atoms with van der Waals surface area (Å²) in [7, 11) is 4.63. The highest BCUT2D eigenvalue weighted by Crippen LogP contribution is 2.28. The van der Waals surface area contributed by atoms with Crippen LogP contribution < -0.4 is 26.1 Å². The SMILES string of the molecule is COc1cc(/C=N/Nc2nc3c(c(=O)n(C)c(=O)n3C)n2Cc2ccccc2)ccc1OCc1ccccc1. The fourth-order valence-electron chi connectivity index (χ4n) is 4.24. The van der Waals surface area contributed by atoms with Crippen LogP contribution in [0.1, 0.15) is 16.7 Å². The van der Waals surface area contributed by atoms with E-state index in [1.807, 2.05) is 78.9 Å². The number of benzene rings is 3. The Balaban J connectivity index is 1.43. The van der Waals surface area contributed by atoms with Crippen LogP contribution in [-0.2, 0) is 27.2 Å². The average Bonchev–Trinajstić information content (AvgIpc) is 3.33. The lowest BCUT2D eigenvalue weighted by Crippen LogP contribution is -2.37. The normalized spacial score (nSPS) is 11.3. The molecule has 3 aromatic carbocycles. The maximum Gasteiger partial charge on any atom is 0.332 e. The molecule has 0 aliphatic carbocycles. The monoisotopic (exact) mass is 524 g/mol. The summed E-state index contributed by atoms with van der Waals surface area (Å²) in [5, 5.41) is 4.36. The van der Waals surface area contributed by atoms with Gasteiger partial charge in [0.2, 0.25) is 5.95 Å². The molecule has 10 heteroatoms. The third kappa shape index (κ3) is 5.30. The molecule has 1 N–H and O–H groups in total. The molecule has 0 saturated carbocycles. The van der Waals surface area contributed by atoms with Crippen molar-refractivity contribution < 1.29 is 9.47 Å². The number of methoxy groups -OCH3 is 1. The zero-order valence-corrected chi connectivity index (χ0v) is 21.9. The van der Waals surface area contributed by atoms with Crippen molar-refractivity contribution in [3.05, 3.63) is 116 Å². The lowest BCUT2D eigenvalue weighted by atomic mass is 10.2. The highest BCUT2D eigenvalue weighted by molar-refractivity contribution is 5.82. The van der Waals surface area contributed by atoms with Crippen LogP contribution in [0.3, 0.4) is 0 Å². The van der Waals surface area contributed by atoms with Crippen molar-refractivity contribution in [2.75, 3.05) is 12.5 Å². The molecule has 0 amide bonds. The first-order chi connectivity index (χ1) is 19.0. The van der Waals surface area contributed by atoms with Gasteiger partial charge in [-0.2, -0.15) is 10.1 Å². The van der Waals surface area contributed by atoms with Gasteiger partial charge in [-0.1, -0.05) is 60.7 Å². The van der Waals surface area contributed by atoms with Crippen LogP contribution in [0.5, 0.6) is 11.5 Å². The Morgan fingerprint density at radius 2 is 1.59 bits per heavy atom. The third-order valence-corrected chi connectivity index (χ3v) is 6.33. The molecule has 2 aromatic heterocycles. The van der Waals surface area contributed by atoms with E-state index in [9.17, 15) is 9.59 Å². The number of imidazole rings is 1. The predicted molar refractivity (Wildman–Crippen MR) is 151 cm³/mol. The van der Waals surface area contributed by atoms with Gasteiger partial charge >= 0.3 is 5.69 Å². The second kappa shape index (κ2) is 11.1. The van der Waals surface area contributed by atoms with E-state index in [-0.39, 0.29) is 5.65 Å². The number of rotatable bonds is 9. The number of hydrazone groups is 1.